The summed E-state index contributed by atoms with van der Waals surface area (Å²) in [7, 11) is 0. The van der Waals surface area contributed by atoms with Crippen LogP contribution in [0.2, 0.25) is 0 Å². The maximum atomic E-state index is 5.37. The summed E-state index contributed by atoms with van der Waals surface area (Å²) in [5, 5.41) is 7.46. The molecule has 7 heteroatoms. The van der Waals surface area contributed by atoms with Crippen LogP contribution in [0.5, 0.6) is 0 Å². The quantitative estimate of drug-likeness (QED) is 0.370. The summed E-state index contributed by atoms with van der Waals surface area (Å²) in [6.45, 7) is 11.5. The zero-order chi connectivity index (χ0) is 20.0. The van der Waals surface area contributed by atoms with Gasteiger partial charge in [0.2, 0.25) is 5.89 Å². The summed E-state index contributed by atoms with van der Waals surface area (Å²) in [4.78, 5) is 11.5. The zero-order valence-corrected chi connectivity index (χ0v) is 20.1. The molecule has 1 aliphatic heterocycles. The van der Waals surface area contributed by atoms with Crippen molar-refractivity contribution in [1.82, 2.24) is 20.4 Å². The predicted molar refractivity (Wildman–Crippen MR) is 128 cm³/mol. The first-order valence-corrected chi connectivity index (χ1v) is 10.1. The van der Waals surface area contributed by atoms with E-state index in [0.717, 1.165) is 38.4 Å². The van der Waals surface area contributed by atoms with Crippen molar-refractivity contribution in [2.75, 3.05) is 19.6 Å². The number of nitrogens with zero attached hydrogens (tertiary/aromatic N) is 4. The second kappa shape index (κ2) is 10.8. The van der Waals surface area contributed by atoms with Crippen LogP contribution in [-0.4, -0.2) is 40.6 Å². The van der Waals surface area contributed by atoms with Gasteiger partial charge in [-0.1, -0.05) is 67.9 Å². The minimum absolute atomic E-state index is 0. The SMILES string of the molecule is CCNC(=NCc1noc(C(C)(C)C)n1)N1CCC(=Cc2ccccc2)CC1.I. The van der Waals surface area contributed by atoms with Crippen molar-refractivity contribution in [1.29, 1.82) is 0 Å². The molecular weight excluding hydrogens is 477 g/mol. The van der Waals surface area contributed by atoms with E-state index in [1.54, 1.807) is 0 Å². The zero-order valence-electron chi connectivity index (χ0n) is 17.8. The third-order valence-corrected chi connectivity index (χ3v) is 4.69. The van der Waals surface area contributed by atoms with Crippen molar-refractivity contribution in [3.8, 4) is 0 Å². The minimum atomic E-state index is -0.145. The van der Waals surface area contributed by atoms with Crippen LogP contribution in [0.3, 0.4) is 0 Å². The Morgan fingerprint density at radius 3 is 2.48 bits per heavy atom. The number of benzene rings is 1. The lowest BCUT2D eigenvalue weighted by atomic mass is 9.97. The van der Waals surface area contributed by atoms with Crippen molar-refractivity contribution < 1.29 is 4.52 Å². The number of hydrogen-bond acceptors (Lipinski definition) is 4. The molecule has 1 N–H and O–H groups in total. The van der Waals surface area contributed by atoms with Gasteiger partial charge in [-0.25, -0.2) is 4.99 Å². The first kappa shape index (κ1) is 23.4. The first-order valence-electron chi connectivity index (χ1n) is 10.1. The lowest BCUT2D eigenvalue weighted by Crippen LogP contribution is -2.44. The number of rotatable bonds is 4. The van der Waals surface area contributed by atoms with Crippen molar-refractivity contribution >= 4 is 36.0 Å². The Morgan fingerprint density at radius 2 is 1.90 bits per heavy atom. The first-order chi connectivity index (χ1) is 13.5. The van der Waals surface area contributed by atoms with Gasteiger partial charge in [0, 0.05) is 25.0 Å². The Hall–Kier alpha value is -1.90. The Labute approximate surface area is 190 Å². The van der Waals surface area contributed by atoms with Crippen LogP contribution in [0, 0.1) is 0 Å². The third kappa shape index (κ3) is 6.83. The highest BCUT2D eigenvalue weighted by atomic mass is 127. The molecule has 1 aromatic heterocycles. The normalized spacial score (nSPS) is 15.1. The molecule has 1 aliphatic rings. The molecular formula is C22H32IN5O. The average molecular weight is 509 g/mol. The van der Waals surface area contributed by atoms with E-state index in [0.29, 0.717) is 18.3 Å². The third-order valence-electron chi connectivity index (χ3n) is 4.69. The van der Waals surface area contributed by atoms with E-state index < -0.39 is 0 Å². The number of halogens is 1. The molecule has 0 unspecified atom stereocenters. The van der Waals surface area contributed by atoms with E-state index in [2.05, 4.69) is 84.5 Å². The average Bonchev–Trinajstić information content (AvgIpc) is 3.16. The molecule has 0 amide bonds. The molecule has 0 radical (unpaired) electrons. The molecule has 0 bridgehead atoms. The second-order valence-electron chi connectivity index (χ2n) is 8.14. The largest absolute Gasteiger partial charge is 0.357 e. The van der Waals surface area contributed by atoms with E-state index in [1.165, 1.54) is 11.1 Å². The van der Waals surface area contributed by atoms with Crippen LogP contribution in [0.25, 0.3) is 6.08 Å². The van der Waals surface area contributed by atoms with Crippen molar-refractivity contribution in [3.63, 3.8) is 0 Å². The summed E-state index contributed by atoms with van der Waals surface area (Å²) in [5.41, 5.74) is 2.62. The number of aromatic nitrogens is 2. The molecule has 1 fully saturated rings. The number of aliphatic imine (C=N–C) groups is 1. The molecule has 1 aromatic carbocycles. The molecule has 0 aliphatic carbocycles. The van der Waals surface area contributed by atoms with Gasteiger partial charge >= 0.3 is 0 Å². The van der Waals surface area contributed by atoms with Gasteiger partial charge in [0.1, 0.15) is 6.54 Å². The fourth-order valence-corrected chi connectivity index (χ4v) is 3.13. The monoisotopic (exact) mass is 509 g/mol. The predicted octanol–water partition coefficient (Wildman–Crippen LogP) is 4.63. The standard InChI is InChI=1S/C22H31N5O.HI/c1-5-23-21(24-16-19-25-20(28-26-19)22(2,3)4)27-13-11-18(12-14-27)15-17-9-7-6-8-10-17;/h6-10,15H,5,11-14,16H2,1-4H3,(H,23,24);1H. The van der Waals surface area contributed by atoms with Crippen LogP contribution in [0.1, 0.15) is 57.8 Å². The van der Waals surface area contributed by atoms with Gasteiger partial charge in [-0.15, -0.1) is 24.0 Å². The van der Waals surface area contributed by atoms with Gasteiger partial charge in [0.25, 0.3) is 0 Å². The lowest BCUT2D eigenvalue weighted by molar-refractivity contribution is 0.318. The van der Waals surface area contributed by atoms with Gasteiger partial charge < -0.3 is 14.7 Å². The number of nitrogens with one attached hydrogen (secondary N) is 1. The lowest BCUT2D eigenvalue weighted by Gasteiger charge is -2.31. The highest BCUT2D eigenvalue weighted by molar-refractivity contribution is 14.0. The van der Waals surface area contributed by atoms with E-state index in [9.17, 15) is 0 Å². The Bertz CT molecular complexity index is 813. The summed E-state index contributed by atoms with van der Waals surface area (Å²) >= 11 is 0. The van der Waals surface area contributed by atoms with Crippen LogP contribution >= 0.6 is 24.0 Å². The highest BCUT2D eigenvalue weighted by Crippen LogP contribution is 2.21. The topological polar surface area (TPSA) is 66.5 Å². The van der Waals surface area contributed by atoms with Gasteiger partial charge in [0.05, 0.1) is 0 Å². The molecule has 0 atom stereocenters. The van der Waals surface area contributed by atoms with Crippen LogP contribution in [0.4, 0.5) is 0 Å². The van der Waals surface area contributed by atoms with E-state index in [1.807, 2.05) is 0 Å². The summed E-state index contributed by atoms with van der Waals surface area (Å²) in [6.07, 6.45) is 4.42. The van der Waals surface area contributed by atoms with E-state index in [4.69, 9.17) is 9.52 Å². The Morgan fingerprint density at radius 1 is 1.21 bits per heavy atom. The molecule has 158 valence electrons. The number of guanidine groups is 1. The van der Waals surface area contributed by atoms with Gasteiger partial charge in [0.15, 0.2) is 11.8 Å². The van der Waals surface area contributed by atoms with Gasteiger partial charge in [-0.3, -0.25) is 0 Å². The van der Waals surface area contributed by atoms with E-state index >= 15 is 0 Å². The number of hydrogen-bond donors (Lipinski definition) is 1. The maximum absolute atomic E-state index is 5.37. The smallest absolute Gasteiger partial charge is 0.232 e. The van der Waals surface area contributed by atoms with Gasteiger partial charge in [-0.2, -0.15) is 4.98 Å². The van der Waals surface area contributed by atoms with Crippen LogP contribution < -0.4 is 5.32 Å². The number of likely N-dealkylation sites (tertiary alicyclic amines) is 1. The fraction of sp³-hybridized carbons (Fsp3) is 0.500. The van der Waals surface area contributed by atoms with Crippen molar-refractivity contribution in [2.24, 2.45) is 4.99 Å². The second-order valence-corrected chi connectivity index (χ2v) is 8.14. The fourth-order valence-electron chi connectivity index (χ4n) is 3.13. The Balaban J connectivity index is 0.00000300. The van der Waals surface area contributed by atoms with Crippen LogP contribution in [0.15, 0.2) is 45.4 Å². The van der Waals surface area contributed by atoms with E-state index in [-0.39, 0.29) is 29.4 Å². The molecule has 1 saturated heterocycles. The van der Waals surface area contributed by atoms with Gasteiger partial charge in [-0.05, 0) is 25.3 Å². The molecule has 6 nitrogen and oxygen atoms in total. The molecule has 0 saturated carbocycles. The molecule has 3 rings (SSSR count). The molecule has 29 heavy (non-hydrogen) atoms. The maximum Gasteiger partial charge on any atom is 0.232 e. The van der Waals surface area contributed by atoms with Crippen LogP contribution in [-0.2, 0) is 12.0 Å². The van der Waals surface area contributed by atoms with Crippen molar-refractivity contribution in [3.05, 3.63) is 53.2 Å². The minimum Gasteiger partial charge on any atom is -0.357 e. The number of piperidine rings is 1. The molecule has 2 heterocycles. The molecule has 0 spiro atoms. The summed E-state index contributed by atoms with van der Waals surface area (Å²) in [6, 6.07) is 10.5. The summed E-state index contributed by atoms with van der Waals surface area (Å²) in [5.74, 6) is 2.20. The Kier molecular flexibility index (Phi) is 8.67. The van der Waals surface area contributed by atoms with Crippen molar-refractivity contribution in [2.45, 2.75) is 52.5 Å². The summed E-state index contributed by atoms with van der Waals surface area (Å²) < 4.78 is 5.37. The molecule has 2 aromatic rings. The highest BCUT2D eigenvalue weighted by Gasteiger charge is 2.22.